The number of benzene rings is 1. The number of hydrogen-bond acceptors (Lipinski definition) is 4. The molecule has 0 aliphatic carbocycles. The summed E-state index contributed by atoms with van der Waals surface area (Å²) < 4.78 is 5.73. The smallest absolute Gasteiger partial charge is 0.310 e. The number of hydrogen-bond donors (Lipinski definition) is 1. The molecule has 4 rings (SSSR count). The quantitative estimate of drug-likeness (QED) is 0.866. The summed E-state index contributed by atoms with van der Waals surface area (Å²) in [6.45, 7) is 3.66. The molecule has 0 unspecified atom stereocenters. The third-order valence-electron chi connectivity index (χ3n) is 5.85. The van der Waals surface area contributed by atoms with Crippen molar-refractivity contribution in [1.29, 1.82) is 0 Å². The summed E-state index contributed by atoms with van der Waals surface area (Å²) in [5, 5.41) is 10.2. The normalized spacial score (nSPS) is 31.3. The Morgan fingerprint density at radius 3 is 2.27 bits per heavy atom. The average Bonchev–Trinajstić information content (AvgIpc) is 3.25. The molecule has 1 aromatic rings. The third kappa shape index (κ3) is 3.33. The Morgan fingerprint density at radius 2 is 1.65 bits per heavy atom. The topological polar surface area (TPSA) is 70.1 Å². The molecule has 0 radical (unpaired) electrons. The zero-order valence-electron chi connectivity index (χ0n) is 14.5. The summed E-state index contributed by atoms with van der Waals surface area (Å²) in [6, 6.07) is 7.81. The lowest BCUT2D eigenvalue weighted by Crippen LogP contribution is -2.53. The van der Waals surface area contributed by atoms with Gasteiger partial charge in [-0.05, 0) is 30.5 Å². The van der Waals surface area contributed by atoms with E-state index in [1.54, 1.807) is 0 Å². The van der Waals surface area contributed by atoms with E-state index in [2.05, 4.69) is 4.90 Å². The number of halogens is 1. The van der Waals surface area contributed by atoms with Crippen LogP contribution in [0.15, 0.2) is 24.3 Å². The van der Waals surface area contributed by atoms with Gasteiger partial charge in [0.1, 0.15) is 0 Å². The van der Waals surface area contributed by atoms with Gasteiger partial charge in [-0.25, -0.2) is 0 Å². The highest BCUT2D eigenvalue weighted by atomic mass is 35.5. The number of piperazine rings is 1. The van der Waals surface area contributed by atoms with E-state index in [4.69, 9.17) is 16.3 Å². The summed E-state index contributed by atoms with van der Waals surface area (Å²) in [7, 11) is 0. The van der Waals surface area contributed by atoms with Crippen LogP contribution in [0.3, 0.4) is 0 Å². The van der Waals surface area contributed by atoms with E-state index in [9.17, 15) is 14.7 Å². The molecule has 0 spiro atoms. The van der Waals surface area contributed by atoms with Crippen LogP contribution in [0.25, 0.3) is 0 Å². The Bertz CT molecular complexity index is 687. The summed E-state index contributed by atoms with van der Waals surface area (Å²) in [4.78, 5) is 28.7. The number of carboxylic acids is 1. The maximum atomic E-state index is 13.0. The van der Waals surface area contributed by atoms with Crippen molar-refractivity contribution in [3.63, 3.8) is 0 Å². The van der Waals surface area contributed by atoms with Crippen molar-refractivity contribution in [3.05, 3.63) is 34.9 Å². The van der Waals surface area contributed by atoms with Crippen LogP contribution >= 0.6 is 11.6 Å². The second kappa shape index (κ2) is 7.18. The molecule has 3 heterocycles. The van der Waals surface area contributed by atoms with Gasteiger partial charge in [0.05, 0.1) is 24.0 Å². The standard InChI is InChI=1S/C19H23ClN2O4/c20-13-3-1-12(2-4-13)11-21-7-9-22(10-8-21)18(23)16-14-5-6-15(26-14)17(16)19(24)25/h1-4,14-17H,5-11H2,(H,24,25)/t14-,15+,16+,17-/m1/s1. The van der Waals surface area contributed by atoms with Crippen molar-refractivity contribution in [2.75, 3.05) is 26.2 Å². The van der Waals surface area contributed by atoms with Crippen molar-refractivity contribution in [3.8, 4) is 0 Å². The molecule has 0 aromatic heterocycles. The highest BCUT2D eigenvalue weighted by Crippen LogP contribution is 2.44. The average molecular weight is 379 g/mol. The molecule has 3 fully saturated rings. The molecule has 1 amide bonds. The van der Waals surface area contributed by atoms with E-state index in [0.717, 1.165) is 37.5 Å². The number of nitrogens with zero attached hydrogens (tertiary/aromatic N) is 2. The molecule has 26 heavy (non-hydrogen) atoms. The minimum absolute atomic E-state index is 0.0456. The number of carboxylic acid groups (broad SMARTS) is 1. The van der Waals surface area contributed by atoms with Gasteiger partial charge < -0.3 is 14.7 Å². The molecule has 1 aromatic carbocycles. The van der Waals surface area contributed by atoms with Gasteiger partial charge in [0.25, 0.3) is 0 Å². The lowest BCUT2D eigenvalue weighted by atomic mass is 9.78. The number of amides is 1. The van der Waals surface area contributed by atoms with E-state index in [1.165, 1.54) is 5.56 Å². The Hall–Kier alpha value is -1.63. The van der Waals surface area contributed by atoms with Crippen LogP contribution in [0.1, 0.15) is 18.4 Å². The number of fused-ring (bicyclic) bond motifs is 2. The van der Waals surface area contributed by atoms with Crippen LogP contribution in [0.2, 0.25) is 5.02 Å². The summed E-state index contributed by atoms with van der Waals surface area (Å²) >= 11 is 5.92. The first-order valence-corrected chi connectivity index (χ1v) is 9.54. The Morgan fingerprint density at radius 1 is 1.04 bits per heavy atom. The minimum atomic E-state index is -0.906. The molecule has 3 aliphatic heterocycles. The van der Waals surface area contributed by atoms with Crippen molar-refractivity contribution in [1.82, 2.24) is 9.80 Å². The van der Waals surface area contributed by atoms with Gasteiger partial charge in [0.2, 0.25) is 5.91 Å². The Labute approximate surface area is 157 Å². The van der Waals surface area contributed by atoms with Crippen LogP contribution in [-0.4, -0.2) is 65.2 Å². The van der Waals surface area contributed by atoms with Gasteiger partial charge in [0, 0.05) is 37.7 Å². The number of rotatable bonds is 4. The first kappa shape index (κ1) is 17.8. The lowest BCUT2D eigenvalue weighted by molar-refractivity contribution is -0.151. The van der Waals surface area contributed by atoms with E-state index in [-0.39, 0.29) is 18.1 Å². The fourth-order valence-electron chi connectivity index (χ4n) is 4.49. The monoisotopic (exact) mass is 378 g/mol. The fourth-order valence-corrected chi connectivity index (χ4v) is 4.62. The Balaban J connectivity index is 1.35. The third-order valence-corrected chi connectivity index (χ3v) is 6.10. The van der Waals surface area contributed by atoms with Crippen LogP contribution in [0.4, 0.5) is 0 Å². The summed E-state index contributed by atoms with van der Waals surface area (Å²) in [5.74, 6) is -2.16. The Kier molecular flexibility index (Phi) is 4.90. The molecule has 3 aliphatic rings. The molecule has 3 saturated heterocycles. The first-order valence-electron chi connectivity index (χ1n) is 9.17. The molecular weight excluding hydrogens is 356 g/mol. The van der Waals surface area contributed by atoms with Crippen molar-refractivity contribution < 1.29 is 19.4 Å². The fraction of sp³-hybridized carbons (Fsp3) is 0.579. The predicted octanol–water partition coefficient (Wildman–Crippen LogP) is 1.86. The molecule has 4 atom stereocenters. The zero-order valence-corrected chi connectivity index (χ0v) is 15.3. The van der Waals surface area contributed by atoms with E-state index in [0.29, 0.717) is 13.1 Å². The number of carbonyl (C=O) groups excluding carboxylic acids is 1. The largest absolute Gasteiger partial charge is 0.481 e. The predicted molar refractivity (Wildman–Crippen MR) is 95.8 cm³/mol. The second-order valence-corrected chi connectivity index (χ2v) is 7.84. The molecule has 6 nitrogen and oxygen atoms in total. The van der Waals surface area contributed by atoms with Gasteiger partial charge >= 0.3 is 5.97 Å². The van der Waals surface area contributed by atoms with Crippen LogP contribution < -0.4 is 0 Å². The second-order valence-electron chi connectivity index (χ2n) is 7.41. The highest BCUT2D eigenvalue weighted by molar-refractivity contribution is 6.30. The van der Waals surface area contributed by atoms with Crippen LogP contribution in [0.5, 0.6) is 0 Å². The van der Waals surface area contributed by atoms with E-state index >= 15 is 0 Å². The van der Waals surface area contributed by atoms with Crippen LogP contribution in [0, 0.1) is 11.8 Å². The summed E-state index contributed by atoms with van der Waals surface area (Å²) in [6.07, 6.45) is 1.03. The molecule has 140 valence electrons. The first-order chi connectivity index (χ1) is 12.5. The molecule has 1 N–H and O–H groups in total. The number of aliphatic carboxylic acids is 1. The van der Waals surface area contributed by atoms with Gasteiger partial charge in [0.15, 0.2) is 0 Å². The minimum Gasteiger partial charge on any atom is -0.481 e. The lowest BCUT2D eigenvalue weighted by Gasteiger charge is -2.37. The van der Waals surface area contributed by atoms with Gasteiger partial charge in [-0.2, -0.15) is 0 Å². The van der Waals surface area contributed by atoms with E-state index < -0.39 is 17.8 Å². The van der Waals surface area contributed by atoms with Gasteiger partial charge in [-0.15, -0.1) is 0 Å². The maximum Gasteiger partial charge on any atom is 0.310 e. The maximum absolute atomic E-state index is 13.0. The van der Waals surface area contributed by atoms with Crippen LogP contribution in [-0.2, 0) is 20.9 Å². The summed E-state index contributed by atoms with van der Waals surface area (Å²) in [5.41, 5.74) is 1.20. The molecule has 0 saturated carbocycles. The zero-order chi connectivity index (χ0) is 18.3. The number of carbonyl (C=O) groups is 2. The number of ether oxygens (including phenoxy) is 1. The SMILES string of the molecule is O=C(O)[C@H]1[C@@H](C(=O)N2CCN(Cc3ccc(Cl)cc3)CC2)[C@H]2CC[C@@H]1O2. The van der Waals surface area contributed by atoms with Crippen molar-refractivity contribution in [2.45, 2.75) is 31.6 Å². The molecule has 7 heteroatoms. The highest BCUT2D eigenvalue weighted by Gasteiger charge is 2.56. The molecular formula is C19H23ClN2O4. The van der Waals surface area contributed by atoms with E-state index in [1.807, 2.05) is 29.2 Å². The molecule has 2 bridgehead atoms. The van der Waals surface area contributed by atoms with Crippen molar-refractivity contribution >= 4 is 23.5 Å². The van der Waals surface area contributed by atoms with Crippen molar-refractivity contribution in [2.24, 2.45) is 11.8 Å². The van der Waals surface area contributed by atoms with Gasteiger partial charge in [-0.3, -0.25) is 14.5 Å². The van der Waals surface area contributed by atoms with Gasteiger partial charge in [-0.1, -0.05) is 23.7 Å².